The van der Waals surface area contributed by atoms with Crippen LogP contribution in [0, 0.1) is 0 Å². The van der Waals surface area contributed by atoms with Crippen LogP contribution in [-0.2, 0) is 0 Å². The van der Waals surface area contributed by atoms with E-state index >= 15 is 0 Å². The van der Waals surface area contributed by atoms with Crippen LogP contribution in [0.2, 0.25) is 0 Å². The Hall–Kier alpha value is -0.370. The third kappa shape index (κ3) is 1.27. The molecule has 0 N–H and O–H groups in total. The number of halogens is 1. The monoisotopic (exact) mass is 158 g/mol. The van der Waals surface area contributed by atoms with Crippen molar-refractivity contribution in [3.05, 3.63) is 29.0 Å². The van der Waals surface area contributed by atoms with Crippen LogP contribution >= 0.6 is 15.9 Å². The van der Waals surface area contributed by atoms with E-state index in [9.17, 15) is 0 Å². The number of hydrogen-bond donors (Lipinski definition) is 0. The maximum Gasteiger partial charge on any atom is 0.106 e. The van der Waals surface area contributed by atoms with Gasteiger partial charge in [-0.2, -0.15) is 0 Å². The summed E-state index contributed by atoms with van der Waals surface area (Å²) < 4.78 is 7.71. The molecular formula is C5H4BrN. The molecule has 1 aromatic heterocycles. The summed E-state index contributed by atoms with van der Waals surface area (Å²) in [7, 11) is 0. The lowest BCUT2D eigenvalue weighted by Crippen LogP contribution is -1.66. The van der Waals surface area contributed by atoms with Crippen molar-refractivity contribution in [3.63, 3.8) is 0 Å². The second-order valence-corrected chi connectivity index (χ2v) is 1.90. The van der Waals surface area contributed by atoms with E-state index in [1.165, 1.54) is 0 Å². The van der Waals surface area contributed by atoms with Gasteiger partial charge in [0.15, 0.2) is 0 Å². The van der Waals surface area contributed by atoms with E-state index in [4.69, 9.17) is 1.37 Å². The zero-order valence-corrected chi connectivity index (χ0v) is 5.14. The van der Waals surface area contributed by atoms with Crippen molar-refractivity contribution in [1.29, 1.82) is 0 Å². The van der Waals surface area contributed by atoms with Crippen LogP contribution < -0.4 is 0 Å². The van der Waals surface area contributed by atoms with E-state index in [1.54, 1.807) is 18.2 Å². The van der Waals surface area contributed by atoms with Gasteiger partial charge in [-0.05, 0) is 28.1 Å². The van der Waals surface area contributed by atoms with Gasteiger partial charge >= 0.3 is 0 Å². The molecule has 0 saturated heterocycles. The first-order chi connectivity index (χ1) is 3.79. The molecule has 0 fully saturated rings. The van der Waals surface area contributed by atoms with Crippen LogP contribution in [0.4, 0.5) is 0 Å². The van der Waals surface area contributed by atoms with Crippen LogP contribution in [0.25, 0.3) is 0 Å². The van der Waals surface area contributed by atoms with Crippen molar-refractivity contribution >= 4 is 15.9 Å². The minimum Gasteiger partial charge on any atom is -0.249 e. The summed E-state index contributed by atoms with van der Waals surface area (Å²) in [4.78, 5) is 3.76. The number of hydrogen-bond acceptors (Lipinski definition) is 1. The average Bonchev–Trinajstić information content (AvgIpc) is 1.64. The standard InChI is InChI=1S/C5H4BrN/c6-5-3-1-2-4-7-5/h1-4H/i4D. The van der Waals surface area contributed by atoms with Gasteiger partial charge in [0, 0.05) is 6.17 Å². The third-order valence-corrected chi connectivity index (χ3v) is 1.02. The molecule has 0 amide bonds. The second kappa shape index (κ2) is 2.07. The van der Waals surface area contributed by atoms with Crippen molar-refractivity contribution in [2.75, 3.05) is 0 Å². The SMILES string of the molecule is [2H]c1cccc(Br)n1. The molecule has 0 atom stereocenters. The van der Waals surface area contributed by atoms with Crippen molar-refractivity contribution in [3.8, 4) is 0 Å². The van der Waals surface area contributed by atoms with Gasteiger partial charge in [0.25, 0.3) is 0 Å². The first-order valence-electron chi connectivity index (χ1n) is 2.38. The van der Waals surface area contributed by atoms with Gasteiger partial charge in [0.2, 0.25) is 0 Å². The average molecular weight is 159 g/mol. The highest BCUT2D eigenvalue weighted by atomic mass is 79.9. The van der Waals surface area contributed by atoms with Crippen molar-refractivity contribution in [1.82, 2.24) is 4.98 Å². The first kappa shape index (κ1) is 3.61. The highest BCUT2D eigenvalue weighted by Crippen LogP contribution is 2.00. The summed E-state index contributed by atoms with van der Waals surface area (Å²) in [6.45, 7) is 0. The van der Waals surface area contributed by atoms with Crippen LogP contribution in [0.3, 0.4) is 0 Å². The van der Waals surface area contributed by atoms with Crippen LogP contribution in [0.5, 0.6) is 0 Å². The summed E-state index contributed by atoms with van der Waals surface area (Å²) in [6, 6.07) is 5.20. The fourth-order valence-corrected chi connectivity index (χ4v) is 0.562. The van der Waals surface area contributed by atoms with E-state index in [1.807, 2.05) is 0 Å². The van der Waals surface area contributed by atoms with E-state index in [2.05, 4.69) is 20.9 Å². The van der Waals surface area contributed by atoms with Gasteiger partial charge < -0.3 is 0 Å². The van der Waals surface area contributed by atoms with Gasteiger partial charge in [0.05, 0.1) is 1.37 Å². The highest BCUT2D eigenvalue weighted by Gasteiger charge is 1.75. The highest BCUT2D eigenvalue weighted by molar-refractivity contribution is 9.10. The molecule has 0 unspecified atom stereocenters. The number of nitrogens with zero attached hydrogens (tertiary/aromatic N) is 1. The summed E-state index contributed by atoms with van der Waals surface area (Å²) in [5.41, 5.74) is 0. The number of rotatable bonds is 0. The topological polar surface area (TPSA) is 12.9 Å². The lowest BCUT2D eigenvalue weighted by Gasteiger charge is -1.80. The lowest BCUT2D eigenvalue weighted by atomic mass is 10.5. The van der Waals surface area contributed by atoms with Crippen molar-refractivity contribution in [2.45, 2.75) is 0 Å². The lowest BCUT2D eigenvalue weighted by molar-refractivity contribution is 1.28. The van der Waals surface area contributed by atoms with Gasteiger partial charge in [-0.1, -0.05) is 6.07 Å². The van der Waals surface area contributed by atoms with E-state index < -0.39 is 0 Å². The van der Waals surface area contributed by atoms with Crippen LogP contribution in [0.1, 0.15) is 1.37 Å². The van der Waals surface area contributed by atoms with Gasteiger partial charge in [-0.15, -0.1) is 0 Å². The molecule has 1 aromatic rings. The Kier molecular flexibility index (Phi) is 1.07. The Morgan fingerprint density at radius 2 is 2.57 bits per heavy atom. The zero-order valence-electron chi connectivity index (χ0n) is 4.56. The summed E-state index contributed by atoms with van der Waals surface area (Å²) in [5.74, 6) is 0. The van der Waals surface area contributed by atoms with Crippen LogP contribution in [0.15, 0.2) is 29.0 Å². The fourth-order valence-electron chi connectivity index (χ4n) is 0.307. The normalized spacial score (nSPS) is 10.7. The molecule has 7 heavy (non-hydrogen) atoms. The number of aromatic nitrogens is 1. The molecule has 0 aromatic carbocycles. The molecule has 0 aliphatic heterocycles. The molecule has 0 radical (unpaired) electrons. The Morgan fingerprint density at radius 3 is 3.00 bits per heavy atom. The molecule has 0 saturated carbocycles. The molecule has 36 valence electrons. The molecular weight excluding hydrogens is 154 g/mol. The van der Waals surface area contributed by atoms with Crippen molar-refractivity contribution in [2.24, 2.45) is 0 Å². The Bertz CT molecular complexity index is 172. The largest absolute Gasteiger partial charge is 0.249 e. The molecule has 0 spiro atoms. The summed E-state index contributed by atoms with van der Waals surface area (Å²) in [6.07, 6.45) is 0.291. The maximum atomic E-state index is 6.99. The van der Waals surface area contributed by atoms with E-state index in [-0.39, 0.29) is 0 Å². The Morgan fingerprint density at radius 1 is 1.71 bits per heavy atom. The fraction of sp³-hybridized carbons (Fsp3) is 0. The van der Waals surface area contributed by atoms with Gasteiger partial charge in [-0.25, -0.2) is 4.98 Å². The first-order valence-corrected chi connectivity index (χ1v) is 2.67. The smallest absolute Gasteiger partial charge is 0.106 e. The van der Waals surface area contributed by atoms with E-state index in [0.717, 1.165) is 0 Å². The molecule has 0 bridgehead atoms. The maximum absolute atomic E-state index is 6.99. The zero-order chi connectivity index (χ0) is 5.98. The molecule has 0 aliphatic rings. The Labute approximate surface area is 51.9 Å². The molecule has 1 rings (SSSR count). The van der Waals surface area contributed by atoms with E-state index in [0.29, 0.717) is 10.8 Å². The Balaban J connectivity index is 3.08. The quantitative estimate of drug-likeness (QED) is 0.526. The minimum atomic E-state index is 0.291. The summed E-state index contributed by atoms with van der Waals surface area (Å²) >= 11 is 3.13. The molecule has 1 heterocycles. The summed E-state index contributed by atoms with van der Waals surface area (Å²) in [5, 5.41) is 0. The van der Waals surface area contributed by atoms with Crippen LogP contribution in [-0.4, -0.2) is 4.98 Å². The molecule has 2 heteroatoms. The molecule has 1 nitrogen and oxygen atoms in total. The van der Waals surface area contributed by atoms with Gasteiger partial charge in [-0.3, -0.25) is 0 Å². The molecule has 0 aliphatic carbocycles. The predicted octanol–water partition coefficient (Wildman–Crippen LogP) is 1.84. The third-order valence-electron chi connectivity index (χ3n) is 0.576. The minimum absolute atomic E-state index is 0.291. The van der Waals surface area contributed by atoms with Gasteiger partial charge in [0.1, 0.15) is 4.60 Å². The number of pyridine rings is 1. The second-order valence-electron chi connectivity index (χ2n) is 1.09. The van der Waals surface area contributed by atoms with Crippen molar-refractivity contribution < 1.29 is 1.37 Å². The predicted molar refractivity (Wildman–Crippen MR) is 31.9 cm³/mol.